The van der Waals surface area contributed by atoms with E-state index in [2.05, 4.69) is 14.9 Å². The summed E-state index contributed by atoms with van der Waals surface area (Å²) in [7, 11) is 1.59. The SMILES string of the molecule is COc1ccccc1Oc1cc(N2CCN(C(=O)C(C)Cl)C(C)C2)ncn1. The van der Waals surface area contributed by atoms with Crippen LogP contribution >= 0.6 is 11.6 Å². The number of piperazine rings is 1. The van der Waals surface area contributed by atoms with E-state index in [4.69, 9.17) is 21.1 Å². The van der Waals surface area contributed by atoms with Gasteiger partial charge < -0.3 is 19.3 Å². The zero-order valence-electron chi connectivity index (χ0n) is 15.6. The van der Waals surface area contributed by atoms with E-state index in [1.165, 1.54) is 6.33 Å². The quantitative estimate of drug-likeness (QED) is 0.731. The zero-order chi connectivity index (χ0) is 19.4. The molecule has 1 aromatic carbocycles. The van der Waals surface area contributed by atoms with Crippen LogP contribution in [0.5, 0.6) is 17.4 Å². The van der Waals surface area contributed by atoms with Crippen LogP contribution in [0.2, 0.25) is 0 Å². The molecule has 2 unspecified atom stereocenters. The van der Waals surface area contributed by atoms with Crippen molar-refractivity contribution in [1.29, 1.82) is 0 Å². The number of methoxy groups -OCH3 is 1. The van der Waals surface area contributed by atoms with E-state index in [0.717, 1.165) is 5.82 Å². The molecular formula is C19H23ClN4O3. The molecule has 0 N–H and O–H groups in total. The topological polar surface area (TPSA) is 67.8 Å². The Hall–Kier alpha value is -2.54. The minimum Gasteiger partial charge on any atom is -0.493 e. The number of carbonyl (C=O) groups excluding carboxylic acids is 1. The number of carbonyl (C=O) groups is 1. The van der Waals surface area contributed by atoms with Crippen molar-refractivity contribution in [2.24, 2.45) is 0 Å². The predicted molar refractivity (Wildman–Crippen MR) is 104 cm³/mol. The molecule has 0 radical (unpaired) electrons. The zero-order valence-corrected chi connectivity index (χ0v) is 16.4. The molecule has 1 aromatic heterocycles. The molecule has 2 aromatic rings. The average Bonchev–Trinajstić information content (AvgIpc) is 2.68. The molecule has 1 amide bonds. The van der Waals surface area contributed by atoms with Crippen molar-refractivity contribution in [3.63, 3.8) is 0 Å². The molecule has 8 heteroatoms. The minimum absolute atomic E-state index is 0.0355. The molecule has 7 nitrogen and oxygen atoms in total. The van der Waals surface area contributed by atoms with Crippen LogP contribution in [0.4, 0.5) is 5.82 Å². The first-order chi connectivity index (χ1) is 13.0. The molecule has 0 spiro atoms. The van der Waals surface area contributed by atoms with Crippen LogP contribution in [-0.2, 0) is 4.79 Å². The van der Waals surface area contributed by atoms with Gasteiger partial charge in [0.2, 0.25) is 11.8 Å². The van der Waals surface area contributed by atoms with Crippen LogP contribution in [0, 0.1) is 0 Å². The number of hydrogen-bond acceptors (Lipinski definition) is 6. The summed E-state index contributed by atoms with van der Waals surface area (Å²) in [5, 5.41) is -0.515. The first-order valence-electron chi connectivity index (χ1n) is 8.82. The Morgan fingerprint density at radius 1 is 1.26 bits per heavy atom. The molecule has 2 heterocycles. The molecule has 0 bridgehead atoms. The summed E-state index contributed by atoms with van der Waals surface area (Å²) in [4.78, 5) is 24.7. The van der Waals surface area contributed by atoms with Crippen LogP contribution in [0.25, 0.3) is 0 Å². The maximum absolute atomic E-state index is 12.2. The minimum atomic E-state index is -0.515. The van der Waals surface area contributed by atoms with Gasteiger partial charge in [-0.25, -0.2) is 9.97 Å². The molecule has 2 atom stereocenters. The second kappa shape index (κ2) is 8.43. The second-order valence-corrected chi connectivity index (χ2v) is 7.06. The molecule has 1 saturated heterocycles. The first kappa shape index (κ1) is 19.2. The van der Waals surface area contributed by atoms with Gasteiger partial charge in [-0.3, -0.25) is 4.79 Å². The van der Waals surface area contributed by atoms with Gasteiger partial charge in [-0.05, 0) is 26.0 Å². The fraction of sp³-hybridized carbons (Fsp3) is 0.421. The number of ether oxygens (including phenoxy) is 2. The summed E-state index contributed by atoms with van der Waals surface area (Å²) >= 11 is 5.95. The Kier molecular flexibility index (Phi) is 6.01. The Bertz CT molecular complexity index is 802. The predicted octanol–water partition coefficient (Wildman–Crippen LogP) is 2.94. The van der Waals surface area contributed by atoms with Crippen LogP contribution in [0.3, 0.4) is 0 Å². The lowest BCUT2D eigenvalue weighted by Crippen LogP contribution is -2.55. The van der Waals surface area contributed by atoms with Gasteiger partial charge in [0.15, 0.2) is 11.5 Å². The fourth-order valence-corrected chi connectivity index (χ4v) is 3.22. The van der Waals surface area contributed by atoms with Crippen LogP contribution in [0.15, 0.2) is 36.7 Å². The first-order valence-corrected chi connectivity index (χ1v) is 9.25. The number of anilines is 1. The number of halogens is 1. The van der Waals surface area contributed by atoms with E-state index in [1.54, 1.807) is 20.1 Å². The molecule has 1 fully saturated rings. The molecule has 0 aliphatic carbocycles. The van der Waals surface area contributed by atoms with E-state index < -0.39 is 5.38 Å². The molecule has 3 rings (SSSR count). The average molecular weight is 391 g/mol. The second-order valence-electron chi connectivity index (χ2n) is 6.41. The monoisotopic (exact) mass is 390 g/mol. The van der Waals surface area contributed by atoms with Gasteiger partial charge in [-0.1, -0.05) is 12.1 Å². The van der Waals surface area contributed by atoms with Crippen molar-refractivity contribution >= 4 is 23.3 Å². The maximum atomic E-state index is 12.2. The van der Waals surface area contributed by atoms with E-state index >= 15 is 0 Å². The van der Waals surface area contributed by atoms with E-state index in [9.17, 15) is 4.79 Å². The molecule has 1 aliphatic heterocycles. The summed E-state index contributed by atoms with van der Waals surface area (Å²) in [6, 6.07) is 9.23. The molecule has 27 heavy (non-hydrogen) atoms. The Morgan fingerprint density at radius 2 is 2.00 bits per heavy atom. The number of aromatic nitrogens is 2. The summed E-state index contributed by atoms with van der Waals surface area (Å²) in [5.74, 6) is 2.38. The Balaban J connectivity index is 1.72. The third-order valence-corrected chi connectivity index (χ3v) is 4.67. The number of para-hydroxylation sites is 2. The van der Waals surface area contributed by atoms with E-state index in [-0.39, 0.29) is 11.9 Å². The van der Waals surface area contributed by atoms with Gasteiger partial charge in [0.05, 0.1) is 7.11 Å². The number of nitrogens with zero attached hydrogens (tertiary/aromatic N) is 4. The van der Waals surface area contributed by atoms with Gasteiger partial charge in [0.1, 0.15) is 17.5 Å². The standard InChI is InChI=1S/C19H23ClN4O3/c1-13-11-23(8-9-24(13)19(25)14(2)20)17-10-18(22-12-21-17)27-16-7-5-4-6-15(16)26-3/h4-7,10,12-14H,8-9,11H2,1-3H3. The van der Waals surface area contributed by atoms with Crippen molar-refractivity contribution in [3.8, 4) is 17.4 Å². The highest BCUT2D eigenvalue weighted by Gasteiger charge is 2.30. The lowest BCUT2D eigenvalue weighted by atomic mass is 10.1. The highest BCUT2D eigenvalue weighted by atomic mass is 35.5. The Labute approximate surface area is 163 Å². The molecular weight excluding hydrogens is 368 g/mol. The van der Waals surface area contributed by atoms with Gasteiger partial charge in [0.25, 0.3) is 0 Å². The van der Waals surface area contributed by atoms with Gasteiger partial charge in [0, 0.05) is 31.7 Å². The van der Waals surface area contributed by atoms with Crippen molar-refractivity contribution in [1.82, 2.24) is 14.9 Å². The van der Waals surface area contributed by atoms with Crippen molar-refractivity contribution < 1.29 is 14.3 Å². The molecule has 1 aliphatic rings. The molecule has 144 valence electrons. The van der Waals surface area contributed by atoms with Crippen LogP contribution < -0.4 is 14.4 Å². The fourth-order valence-electron chi connectivity index (χ4n) is 3.10. The van der Waals surface area contributed by atoms with Crippen molar-refractivity contribution in [3.05, 3.63) is 36.7 Å². The number of rotatable bonds is 5. The smallest absolute Gasteiger partial charge is 0.240 e. The highest BCUT2D eigenvalue weighted by molar-refractivity contribution is 6.30. The summed E-state index contributed by atoms with van der Waals surface area (Å²) in [5.41, 5.74) is 0. The summed E-state index contributed by atoms with van der Waals surface area (Å²) in [6.45, 7) is 5.65. The number of benzene rings is 1. The normalized spacial score (nSPS) is 18.1. The third-order valence-electron chi connectivity index (χ3n) is 4.49. The number of alkyl halides is 1. The van der Waals surface area contributed by atoms with Gasteiger partial charge in [-0.15, -0.1) is 11.6 Å². The lowest BCUT2D eigenvalue weighted by molar-refractivity contribution is -0.132. The number of hydrogen-bond donors (Lipinski definition) is 0. The van der Waals surface area contributed by atoms with Crippen molar-refractivity contribution in [2.75, 3.05) is 31.6 Å². The van der Waals surface area contributed by atoms with Gasteiger partial charge >= 0.3 is 0 Å². The molecule has 0 saturated carbocycles. The van der Waals surface area contributed by atoms with Crippen LogP contribution in [-0.4, -0.2) is 58.9 Å². The third kappa shape index (κ3) is 4.42. The highest BCUT2D eigenvalue weighted by Crippen LogP contribution is 2.31. The number of amides is 1. The maximum Gasteiger partial charge on any atom is 0.240 e. The van der Waals surface area contributed by atoms with E-state index in [1.807, 2.05) is 36.1 Å². The largest absolute Gasteiger partial charge is 0.493 e. The van der Waals surface area contributed by atoms with E-state index in [0.29, 0.717) is 37.0 Å². The summed E-state index contributed by atoms with van der Waals surface area (Å²) in [6.07, 6.45) is 1.48. The Morgan fingerprint density at radius 3 is 2.67 bits per heavy atom. The summed E-state index contributed by atoms with van der Waals surface area (Å²) < 4.78 is 11.2. The van der Waals surface area contributed by atoms with Gasteiger partial charge in [-0.2, -0.15) is 0 Å². The van der Waals surface area contributed by atoms with Crippen molar-refractivity contribution in [2.45, 2.75) is 25.3 Å². The van der Waals surface area contributed by atoms with Crippen LogP contribution in [0.1, 0.15) is 13.8 Å². The lowest BCUT2D eigenvalue weighted by Gasteiger charge is -2.40.